The Morgan fingerprint density at radius 2 is 2.00 bits per heavy atom. The van der Waals surface area contributed by atoms with Crippen molar-refractivity contribution in [3.63, 3.8) is 0 Å². The first kappa shape index (κ1) is 16.9. The molecule has 0 radical (unpaired) electrons. The molecule has 1 heterocycles. The minimum Gasteiger partial charge on any atom is -0.507 e. The molecule has 0 unspecified atom stereocenters. The van der Waals surface area contributed by atoms with Crippen LogP contribution in [0.5, 0.6) is 0 Å². The number of allylic oxidation sites excluding steroid dienone is 2. The number of carboxylic acids is 1. The maximum absolute atomic E-state index is 11.0. The Kier molecular flexibility index (Phi) is 4.95. The molecule has 2 aromatic rings. The standard InChI is InChI=1S/C19H15ClN2O3/c20-14-3-1-12(2-4-14)9-13-11-21-8-7-17(13)22-15-5-6-16(19(24)25)18(23)10-15/h1-4,6-8,10-11,23H,5,9H2,(H,24,25). The van der Waals surface area contributed by atoms with E-state index < -0.39 is 5.97 Å². The molecule has 1 aliphatic rings. The van der Waals surface area contributed by atoms with Crippen molar-refractivity contribution in [1.29, 1.82) is 0 Å². The summed E-state index contributed by atoms with van der Waals surface area (Å²) in [5, 5.41) is 19.5. The fourth-order valence-electron chi connectivity index (χ4n) is 2.52. The number of aromatic nitrogens is 1. The van der Waals surface area contributed by atoms with E-state index in [0.29, 0.717) is 23.6 Å². The van der Waals surface area contributed by atoms with Crippen LogP contribution < -0.4 is 0 Å². The highest BCUT2D eigenvalue weighted by atomic mass is 35.5. The van der Waals surface area contributed by atoms with E-state index in [1.807, 2.05) is 24.3 Å². The lowest BCUT2D eigenvalue weighted by Gasteiger charge is -2.11. The van der Waals surface area contributed by atoms with Gasteiger partial charge in [-0.2, -0.15) is 0 Å². The Morgan fingerprint density at radius 1 is 1.24 bits per heavy atom. The number of aliphatic carboxylic acids is 1. The van der Waals surface area contributed by atoms with Crippen molar-refractivity contribution >= 4 is 29.0 Å². The normalized spacial score (nSPS) is 15.6. The van der Waals surface area contributed by atoms with Crippen molar-refractivity contribution in [1.82, 2.24) is 4.98 Å². The van der Waals surface area contributed by atoms with Crippen LogP contribution in [0.4, 0.5) is 5.69 Å². The third kappa shape index (κ3) is 4.14. The van der Waals surface area contributed by atoms with Crippen LogP contribution in [0.25, 0.3) is 0 Å². The number of hydrogen-bond donors (Lipinski definition) is 2. The number of pyridine rings is 1. The van der Waals surface area contributed by atoms with Crippen molar-refractivity contribution in [3.05, 3.63) is 82.4 Å². The van der Waals surface area contributed by atoms with Crippen LogP contribution in [-0.4, -0.2) is 26.9 Å². The summed E-state index contributed by atoms with van der Waals surface area (Å²) in [6, 6.07) is 9.35. The molecule has 0 bridgehead atoms. The fraction of sp³-hybridized carbons (Fsp3) is 0.105. The quantitative estimate of drug-likeness (QED) is 0.859. The van der Waals surface area contributed by atoms with Gasteiger partial charge >= 0.3 is 5.97 Å². The predicted octanol–water partition coefficient (Wildman–Crippen LogP) is 4.25. The number of aliphatic imine (C=N–C) groups is 1. The van der Waals surface area contributed by atoms with Crippen molar-refractivity contribution in [3.8, 4) is 0 Å². The van der Waals surface area contributed by atoms with Gasteiger partial charge in [0.15, 0.2) is 0 Å². The lowest BCUT2D eigenvalue weighted by atomic mass is 10.0. The molecule has 0 spiro atoms. The summed E-state index contributed by atoms with van der Waals surface area (Å²) < 4.78 is 0. The van der Waals surface area contributed by atoms with Gasteiger partial charge in [0.2, 0.25) is 0 Å². The summed E-state index contributed by atoms with van der Waals surface area (Å²) in [5.41, 5.74) is 3.23. The van der Waals surface area contributed by atoms with E-state index in [2.05, 4.69) is 9.98 Å². The second-order valence-electron chi connectivity index (χ2n) is 5.57. The maximum Gasteiger partial charge on any atom is 0.339 e. The van der Waals surface area contributed by atoms with Crippen LogP contribution >= 0.6 is 11.6 Å². The minimum atomic E-state index is -1.15. The molecular formula is C19H15ClN2O3. The van der Waals surface area contributed by atoms with Crippen molar-refractivity contribution in [2.45, 2.75) is 12.8 Å². The van der Waals surface area contributed by atoms with Gasteiger partial charge in [-0.3, -0.25) is 9.98 Å². The van der Waals surface area contributed by atoms with E-state index in [9.17, 15) is 9.90 Å². The zero-order chi connectivity index (χ0) is 17.8. The number of rotatable bonds is 4. The summed E-state index contributed by atoms with van der Waals surface area (Å²) in [6.07, 6.45) is 7.22. The van der Waals surface area contributed by atoms with Gasteiger partial charge in [0.05, 0.1) is 11.3 Å². The molecule has 0 fully saturated rings. The van der Waals surface area contributed by atoms with Gasteiger partial charge in [-0.1, -0.05) is 29.8 Å². The maximum atomic E-state index is 11.0. The second kappa shape index (κ2) is 7.32. The molecule has 126 valence electrons. The van der Waals surface area contributed by atoms with Crippen LogP contribution in [0.3, 0.4) is 0 Å². The Morgan fingerprint density at radius 3 is 2.68 bits per heavy atom. The van der Waals surface area contributed by atoms with Crippen molar-refractivity contribution < 1.29 is 15.0 Å². The van der Waals surface area contributed by atoms with Crippen molar-refractivity contribution in [2.24, 2.45) is 4.99 Å². The summed E-state index contributed by atoms with van der Waals surface area (Å²) in [6.45, 7) is 0. The zero-order valence-electron chi connectivity index (χ0n) is 13.2. The van der Waals surface area contributed by atoms with Gasteiger partial charge in [0.25, 0.3) is 0 Å². The molecule has 0 saturated heterocycles. The Hall–Kier alpha value is -2.92. The van der Waals surface area contributed by atoms with Crippen LogP contribution in [0.2, 0.25) is 5.02 Å². The molecule has 1 aromatic heterocycles. The number of nitrogens with zero attached hydrogens (tertiary/aromatic N) is 2. The second-order valence-corrected chi connectivity index (χ2v) is 6.00. The predicted molar refractivity (Wildman–Crippen MR) is 96.6 cm³/mol. The molecule has 6 heteroatoms. The molecule has 1 aliphatic carbocycles. The average molecular weight is 355 g/mol. The molecule has 0 saturated carbocycles. The van der Waals surface area contributed by atoms with E-state index in [4.69, 9.17) is 16.7 Å². The van der Waals surface area contributed by atoms with Gasteiger partial charge in [-0.25, -0.2) is 4.79 Å². The van der Waals surface area contributed by atoms with E-state index in [-0.39, 0.29) is 11.3 Å². The Bertz CT molecular complexity index is 899. The van der Waals surface area contributed by atoms with E-state index in [1.165, 1.54) is 12.2 Å². The van der Waals surface area contributed by atoms with E-state index in [1.54, 1.807) is 18.5 Å². The topological polar surface area (TPSA) is 82.8 Å². The fourth-order valence-corrected chi connectivity index (χ4v) is 2.65. The number of hydrogen-bond acceptors (Lipinski definition) is 4. The molecule has 2 N–H and O–H groups in total. The van der Waals surface area contributed by atoms with Crippen LogP contribution in [0, 0.1) is 0 Å². The van der Waals surface area contributed by atoms with Gasteiger partial charge in [0.1, 0.15) is 5.76 Å². The highest BCUT2D eigenvalue weighted by molar-refractivity contribution is 6.30. The van der Waals surface area contributed by atoms with Crippen LogP contribution in [-0.2, 0) is 11.2 Å². The van der Waals surface area contributed by atoms with Crippen molar-refractivity contribution in [2.75, 3.05) is 0 Å². The smallest absolute Gasteiger partial charge is 0.339 e. The SMILES string of the molecule is O=C(O)C1=CCC(=Nc2ccncc2Cc2ccc(Cl)cc2)C=C1O. The number of carboxylic acid groups (broad SMARTS) is 1. The third-order valence-corrected chi connectivity index (χ3v) is 4.03. The first-order valence-electron chi connectivity index (χ1n) is 7.62. The minimum absolute atomic E-state index is 0.102. The molecule has 25 heavy (non-hydrogen) atoms. The molecule has 3 rings (SSSR count). The van der Waals surface area contributed by atoms with Gasteiger partial charge < -0.3 is 10.2 Å². The largest absolute Gasteiger partial charge is 0.507 e. The third-order valence-electron chi connectivity index (χ3n) is 3.77. The number of aliphatic hydroxyl groups is 1. The number of benzene rings is 1. The molecule has 5 nitrogen and oxygen atoms in total. The summed E-state index contributed by atoms with van der Waals surface area (Å²) in [5.74, 6) is -1.44. The molecule has 0 atom stereocenters. The lowest BCUT2D eigenvalue weighted by Crippen LogP contribution is -2.10. The highest BCUT2D eigenvalue weighted by Crippen LogP contribution is 2.24. The monoisotopic (exact) mass is 354 g/mol. The summed E-state index contributed by atoms with van der Waals surface area (Å²) in [4.78, 5) is 19.7. The molecule has 0 amide bonds. The van der Waals surface area contributed by atoms with Crippen LogP contribution in [0.15, 0.2) is 71.2 Å². The van der Waals surface area contributed by atoms with E-state index in [0.717, 1.165) is 16.8 Å². The van der Waals surface area contributed by atoms with Crippen LogP contribution in [0.1, 0.15) is 17.5 Å². The average Bonchev–Trinajstić information content (AvgIpc) is 2.58. The van der Waals surface area contributed by atoms with E-state index >= 15 is 0 Å². The molecule has 0 aliphatic heterocycles. The zero-order valence-corrected chi connectivity index (χ0v) is 13.9. The highest BCUT2D eigenvalue weighted by Gasteiger charge is 2.17. The first-order valence-corrected chi connectivity index (χ1v) is 8.00. The number of halogens is 1. The van der Waals surface area contributed by atoms with Gasteiger partial charge in [0, 0.05) is 47.6 Å². The molecular weight excluding hydrogens is 340 g/mol. The Balaban J connectivity index is 1.87. The Labute approximate surface area is 149 Å². The number of aliphatic hydroxyl groups excluding tert-OH is 1. The molecule has 1 aromatic carbocycles. The van der Waals surface area contributed by atoms with Gasteiger partial charge in [-0.05, 0) is 23.8 Å². The summed E-state index contributed by atoms with van der Waals surface area (Å²) >= 11 is 5.91. The lowest BCUT2D eigenvalue weighted by molar-refractivity contribution is -0.132. The number of carbonyl (C=O) groups is 1. The summed E-state index contributed by atoms with van der Waals surface area (Å²) in [7, 11) is 0. The van der Waals surface area contributed by atoms with Gasteiger partial charge in [-0.15, -0.1) is 0 Å². The first-order chi connectivity index (χ1) is 12.0.